The second-order valence-corrected chi connectivity index (χ2v) is 6.45. The van der Waals surface area contributed by atoms with E-state index in [2.05, 4.69) is 15.7 Å². The Labute approximate surface area is 134 Å². The molecule has 0 aliphatic rings. The van der Waals surface area contributed by atoms with Crippen molar-refractivity contribution in [3.8, 4) is 0 Å². The third-order valence-corrected chi connectivity index (χ3v) is 4.18. The van der Waals surface area contributed by atoms with Crippen molar-refractivity contribution in [2.75, 3.05) is 18.5 Å². The number of aromatic nitrogens is 2. The van der Waals surface area contributed by atoms with Crippen LogP contribution in [0.25, 0.3) is 0 Å². The molecule has 2 aromatic rings. The van der Waals surface area contributed by atoms with E-state index >= 15 is 0 Å². The fourth-order valence-electron chi connectivity index (χ4n) is 2.14. The highest BCUT2D eigenvalue weighted by Crippen LogP contribution is 2.15. The normalized spacial score (nSPS) is 12.4. The quantitative estimate of drug-likeness (QED) is 0.733. The molecule has 0 spiro atoms. The van der Waals surface area contributed by atoms with Crippen LogP contribution in [-0.4, -0.2) is 34.1 Å². The molecule has 0 aliphatic carbocycles. The summed E-state index contributed by atoms with van der Waals surface area (Å²) in [6.07, 6.45) is 2.42. The lowest BCUT2D eigenvalue weighted by Gasteiger charge is -2.16. The fraction of sp³-hybridized carbons (Fsp3) is 0.467. The number of rotatable bonds is 7. The number of aliphatic hydroxyl groups excluding tert-OH is 1. The predicted molar refractivity (Wildman–Crippen MR) is 88.2 cm³/mol. The molecule has 2 rings (SSSR count). The molecule has 0 bridgehead atoms. The topological polar surface area (TPSA) is 79.2 Å². The van der Waals surface area contributed by atoms with Crippen LogP contribution in [0.3, 0.4) is 0 Å². The highest BCUT2D eigenvalue weighted by molar-refractivity contribution is 7.09. The molecule has 22 heavy (non-hydrogen) atoms. The van der Waals surface area contributed by atoms with Crippen molar-refractivity contribution < 1.29 is 9.90 Å². The summed E-state index contributed by atoms with van der Waals surface area (Å²) in [6, 6.07) is 5.67. The van der Waals surface area contributed by atoms with Crippen molar-refractivity contribution in [2.45, 2.75) is 26.3 Å². The molecule has 0 radical (unpaired) electrons. The van der Waals surface area contributed by atoms with E-state index in [4.69, 9.17) is 0 Å². The molecule has 1 unspecified atom stereocenters. The van der Waals surface area contributed by atoms with Gasteiger partial charge < -0.3 is 10.4 Å². The van der Waals surface area contributed by atoms with Crippen molar-refractivity contribution in [3.05, 3.63) is 34.7 Å². The summed E-state index contributed by atoms with van der Waals surface area (Å²) in [5, 5.41) is 21.2. The Morgan fingerprint density at radius 1 is 1.45 bits per heavy atom. The summed E-state index contributed by atoms with van der Waals surface area (Å²) in [5.41, 5.74) is 0. The van der Waals surface area contributed by atoms with Crippen LogP contribution in [0.15, 0.2) is 29.8 Å². The third kappa shape index (κ3) is 4.57. The van der Waals surface area contributed by atoms with E-state index in [1.807, 2.05) is 31.4 Å². The van der Waals surface area contributed by atoms with Crippen LogP contribution >= 0.6 is 11.3 Å². The standard InChI is InChI=1S/C15H22N4O2S/c1-11(2)19-14(5-6-17-19)18-15(21)16-9-12(10-20)8-13-4-3-7-22-13/h3-7,11-12,20H,8-10H2,1-2H3,(H2,16,18,21). The van der Waals surface area contributed by atoms with Crippen LogP contribution < -0.4 is 10.6 Å². The minimum absolute atomic E-state index is 0.0133. The number of amides is 2. The van der Waals surface area contributed by atoms with Gasteiger partial charge >= 0.3 is 6.03 Å². The zero-order valence-corrected chi connectivity index (χ0v) is 13.6. The average molecular weight is 322 g/mol. The van der Waals surface area contributed by atoms with E-state index in [1.54, 1.807) is 28.3 Å². The van der Waals surface area contributed by atoms with Gasteiger partial charge in [0.1, 0.15) is 5.82 Å². The Kier molecular flexibility index (Phi) is 5.97. The Hall–Kier alpha value is -1.86. The van der Waals surface area contributed by atoms with E-state index in [9.17, 15) is 9.90 Å². The SMILES string of the molecule is CC(C)n1nccc1NC(=O)NCC(CO)Cc1cccs1. The Morgan fingerprint density at radius 2 is 2.27 bits per heavy atom. The van der Waals surface area contributed by atoms with Crippen LogP contribution in [0.4, 0.5) is 10.6 Å². The first-order valence-electron chi connectivity index (χ1n) is 7.31. The van der Waals surface area contributed by atoms with Crippen molar-refractivity contribution in [1.29, 1.82) is 0 Å². The predicted octanol–water partition coefficient (Wildman–Crippen LogP) is 2.50. The lowest BCUT2D eigenvalue weighted by Crippen LogP contribution is -2.35. The van der Waals surface area contributed by atoms with E-state index in [0.717, 1.165) is 6.42 Å². The van der Waals surface area contributed by atoms with Gasteiger partial charge in [-0.25, -0.2) is 9.48 Å². The lowest BCUT2D eigenvalue weighted by molar-refractivity contribution is 0.218. The van der Waals surface area contributed by atoms with Gasteiger partial charge in [0.25, 0.3) is 0 Å². The molecule has 0 aromatic carbocycles. The fourth-order valence-corrected chi connectivity index (χ4v) is 2.96. The van der Waals surface area contributed by atoms with Crippen LogP contribution in [0.2, 0.25) is 0 Å². The van der Waals surface area contributed by atoms with Crippen LogP contribution in [-0.2, 0) is 6.42 Å². The molecule has 3 N–H and O–H groups in total. The van der Waals surface area contributed by atoms with E-state index in [1.165, 1.54) is 4.88 Å². The van der Waals surface area contributed by atoms with Crippen molar-refractivity contribution >= 4 is 23.2 Å². The second-order valence-electron chi connectivity index (χ2n) is 5.42. The maximum atomic E-state index is 12.0. The summed E-state index contributed by atoms with van der Waals surface area (Å²) < 4.78 is 1.74. The first kappa shape index (κ1) is 16.5. The maximum Gasteiger partial charge on any atom is 0.320 e. The van der Waals surface area contributed by atoms with Gasteiger partial charge in [-0.1, -0.05) is 6.07 Å². The highest BCUT2D eigenvalue weighted by atomic mass is 32.1. The molecule has 2 amide bonds. The molecule has 0 fully saturated rings. The van der Waals surface area contributed by atoms with Gasteiger partial charge in [0.2, 0.25) is 0 Å². The van der Waals surface area contributed by atoms with Crippen LogP contribution in [0.5, 0.6) is 0 Å². The highest BCUT2D eigenvalue weighted by Gasteiger charge is 2.13. The van der Waals surface area contributed by atoms with Crippen LogP contribution in [0.1, 0.15) is 24.8 Å². The van der Waals surface area contributed by atoms with Gasteiger partial charge in [0.15, 0.2) is 0 Å². The molecule has 2 heterocycles. The number of hydrogen-bond acceptors (Lipinski definition) is 4. The molecular weight excluding hydrogens is 300 g/mol. The number of nitrogens with zero attached hydrogens (tertiary/aromatic N) is 2. The Morgan fingerprint density at radius 3 is 2.91 bits per heavy atom. The molecular formula is C15H22N4O2S. The second kappa shape index (κ2) is 7.95. The number of carbonyl (C=O) groups excluding carboxylic acids is 1. The molecule has 0 saturated heterocycles. The molecule has 2 aromatic heterocycles. The number of nitrogens with one attached hydrogen (secondary N) is 2. The molecule has 7 heteroatoms. The van der Waals surface area contributed by atoms with Gasteiger partial charge in [-0.15, -0.1) is 11.3 Å². The first-order chi connectivity index (χ1) is 10.6. The lowest BCUT2D eigenvalue weighted by atomic mass is 10.1. The van der Waals surface area contributed by atoms with Crippen LogP contribution in [0, 0.1) is 5.92 Å². The number of thiophene rings is 1. The molecule has 0 saturated carbocycles. The van der Waals surface area contributed by atoms with Crippen molar-refractivity contribution in [2.24, 2.45) is 5.92 Å². The number of aliphatic hydroxyl groups is 1. The largest absolute Gasteiger partial charge is 0.396 e. The van der Waals surface area contributed by atoms with Crippen molar-refractivity contribution in [1.82, 2.24) is 15.1 Å². The molecule has 0 aliphatic heterocycles. The zero-order chi connectivity index (χ0) is 15.9. The Bertz CT molecular complexity index is 580. The van der Waals surface area contributed by atoms with Gasteiger partial charge in [0.05, 0.1) is 6.20 Å². The maximum absolute atomic E-state index is 12.0. The minimum atomic E-state index is -0.285. The molecule has 1 atom stereocenters. The van der Waals surface area contributed by atoms with Crippen molar-refractivity contribution in [3.63, 3.8) is 0 Å². The average Bonchev–Trinajstić information content (AvgIpc) is 3.14. The smallest absolute Gasteiger partial charge is 0.320 e. The van der Waals surface area contributed by atoms with E-state index < -0.39 is 0 Å². The summed E-state index contributed by atoms with van der Waals surface area (Å²) >= 11 is 1.66. The van der Waals surface area contributed by atoms with Gasteiger partial charge in [-0.3, -0.25) is 5.32 Å². The minimum Gasteiger partial charge on any atom is -0.396 e. The summed E-state index contributed by atoms with van der Waals surface area (Å²) in [7, 11) is 0. The Balaban J connectivity index is 1.82. The summed E-state index contributed by atoms with van der Waals surface area (Å²) in [5.74, 6) is 0.672. The zero-order valence-electron chi connectivity index (χ0n) is 12.8. The third-order valence-electron chi connectivity index (χ3n) is 3.28. The number of carbonyl (C=O) groups is 1. The van der Waals surface area contributed by atoms with E-state index in [-0.39, 0.29) is 24.6 Å². The molecule has 6 nitrogen and oxygen atoms in total. The summed E-state index contributed by atoms with van der Waals surface area (Å²) in [6.45, 7) is 4.47. The number of anilines is 1. The monoisotopic (exact) mass is 322 g/mol. The van der Waals surface area contributed by atoms with Gasteiger partial charge in [0, 0.05) is 36.1 Å². The van der Waals surface area contributed by atoms with E-state index in [0.29, 0.717) is 12.4 Å². The molecule has 120 valence electrons. The van der Waals surface area contributed by atoms with Gasteiger partial charge in [-0.2, -0.15) is 5.10 Å². The number of urea groups is 1. The first-order valence-corrected chi connectivity index (χ1v) is 8.19. The summed E-state index contributed by atoms with van der Waals surface area (Å²) in [4.78, 5) is 13.2. The van der Waals surface area contributed by atoms with Gasteiger partial charge in [-0.05, 0) is 31.7 Å². The number of hydrogen-bond donors (Lipinski definition) is 3.